The molecule has 3 rings (SSSR count). The minimum atomic E-state index is -4.52. The zero-order valence-electron chi connectivity index (χ0n) is 12.8. The van der Waals surface area contributed by atoms with Crippen LogP contribution < -0.4 is 11.1 Å². The van der Waals surface area contributed by atoms with E-state index in [-0.39, 0.29) is 5.91 Å². The van der Waals surface area contributed by atoms with Gasteiger partial charge >= 0.3 is 0 Å². The maximum absolute atomic E-state index is 12.2. The molecule has 0 atom stereocenters. The van der Waals surface area contributed by atoms with Crippen molar-refractivity contribution < 1.29 is 22.9 Å². The van der Waals surface area contributed by atoms with Crippen molar-refractivity contribution >= 4 is 38.2 Å². The third-order valence-electron chi connectivity index (χ3n) is 3.63. The molecule has 0 unspecified atom stereocenters. The molecule has 8 heteroatoms. The molecule has 0 fully saturated rings. The van der Waals surface area contributed by atoms with Gasteiger partial charge in [0.2, 0.25) is 0 Å². The average Bonchev–Trinajstić information content (AvgIpc) is 2.53. The number of anilines is 2. The summed E-state index contributed by atoms with van der Waals surface area (Å²) in [6.07, 6.45) is 0. The molecule has 7 nitrogen and oxygen atoms in total. The Kier molecular flexibility index (Phi) is 4.07. The maximum Gasteiger partial charge on any atom is 0.298 e. The number of benzene rings is 3. The van der Waals surface area contributed by atoms with Crippen molar-refractivity contribution in [1.29, 1.82) is 0 Å². The highest BCUT2D eigenvalue weighted by Crippen LogP contribution is 2.30. The van der Waals surface area contributed by atoms with E-state index in [0.717, 1.165) is 6.07 Å². The van der Waals surface area contributed by atoms with Gasteiger partial charge in [-0.05, 0) is 59.3 Å². The van der Waals surface area contributed by atoms with E-state index in [0.29, 0.717) is 27.7 Å². The molecule has 0 heterocycles. The van der Waals surface area contributed by atoms with Crippen LogP contribution in [-0.4, -0.2) is 24.0 Å². The normalized spacial score (nSPS) is 11.4. The van der Waals surface area contributed by atoms with E-state index in [2.05, 4.69) is 5.32 Å². The molecule has 0 saturated heterocycles. The third-order valence-corrected chi connectivity index (χ3v) is 4.51. The molecule has 3 aromatic rings. The first kappa shape index (κ1) is 16.7. The van der Waals surface area contributed by atoms with Crippen LogP contribution in [0, 0.1) is 0 Å². The molecule has 3 aromatic carbocycles. The topological polar surface area (TPSA) is 130 Å². The fourth-order valence-electron chi connectivity index (χ4n) is 2.39. The van der Waals surface area contributed by atoms with Gasteiger partial charge in [0.15, 0.2) is 0 Å². The van der Waals surface area contributed by atoms with Gasteiger partial charge in [0.1, 0.15) is 10.6 Å². The van der Waals surface area contributed by atoms with Crippen molar-refractivity contribution in [2.75, 3.05) is 11.1 Å². The summed E-state index contributed by atoms with van der Waals surface area (Å²) in [5.41, 5.74) is 7.03. The minimum Gasteiger partial charge on any atom is -0.506 e. The van der Waals surface area contributed by atoms with Gasteiger partial charge in [0.25, 0.3) is 16.0 Å². The Morgan fingerprint density at radius 3 is 2.28 bits per heavy atom. The third kappa shape index (κ3) is 3.54. The number of hydrogen-bond donors (Lipinski definition) is 4. The number of carbonyl (C=O) groups excluding carboxylic acids is 1. The monoisotopic (exact) mass is 358 g/mol. The SMILES string of the molecule is Nc1ccc(C(=O)Nc2ccc3cc(S(=O)(=O)O)c(O)cc3c2)cc1. The molecule has 0 aromatic heterocycles. The van der Waals surface area contributed by atoms with Gasteiger partial charge in [0.05, 0.1) is 0 Å². The fourth-order valence-corrected chi connectivity index (χ4v) is 2.99. The fraction of sp³-hybridized carbons (Fsp3) is 0. The van der Waals surface area contributed by atoms with Crippen molar-refractivity contribution in [3.05, 3.63) is 60.2 Å². The lowest BCUT2D eigenvalue weighted by atomic mass is 10.1. The van der Waals surface area contributed by atoms with Gasteiger partial charge < -0.3 is 16.2 Å². The number of amides is 1. The van der Waals surface area contributed by atoms with Gasteiger partial charge in [-0.25, -0.2) is 0 Å². The van der Waals surface area contributed by atoms with Crippen LogP contribution in [0.1, 0.15) is 10.4 Å². The lowest BCUT2D eigenvalue weighted by Crippen LogP contribution is -2.11. The number of aromatic hydroxyl groups is 1. The van der Waals surface area contributed by atoms with Crippen LogP contribution in [-0.2, 0) is 10.1 Å². The second-order valence-electron chi connectivity index (χ2n) is 5.43. The van der Waals surface area contributed by atoms with Gasteiger partial charge in [-0.3, -0.25) is 9.35 Å². The number of nitrogens with one attached hydrogen (secondary N) is 1. The van der Waals surface area contributed by atoms with E-state index in [1.165, 1.54) is 6.07 Å². The predicted molar refractivity (Wildman–Crippen MR) is 94.2 cm³/mol. The molecule has 128 valence electrons. The Hall–Kier alpha value is -3.10. The molecule has 0 aliphatic carbocycles. The van der Waals surface area contributed by atoms with Crippen LogP contribution in [0.2, 0.25) is 0 Å². The van der Waals surface area contributed by atoms with E-state index >= 15 is 0 Å². The molecule has 0 saturated carbocycles. The van der Waals surface area contributed by atoms with Crippen LogP contribution in [0.3, 0.4) is 0 Å². The highest BCUT2D eigenvalue weighted by Gasteiger charge is 2.16. The molecule has 0 radical (unpaired) electrons. The summed E-state index contributed by atoms with van der Waals surface area (Å²) in [5, 5.41) is 13.5. The van der Waals surface area contributed by atoms with Crippen molar-refractivity contribution in [3.8, 4) is 5.75 Å². The first-order valence-corrected chi connectivity index (χ1v) is 8.59. The van der Waals surface area contributed by atoms with Gasteiger partial charge in [0, 0.05) is 16.9 Å². The number of phenols is 1. The van der Waals surface area contributed by atoms with Crippen LogP contribution >= 0.6 is 0 Å². The van der Waals surface area contributed by atoms with Crippen molar-refractivity contribution in [2.45, 2.75) is 4.90 Å². The van der Waals surface area contributed by atoms with Crippen molar-refractivity contribution in [3.63, 3.8) is 0 Å². The Balaban J connectivity index is 1.93. The molecule has 0 bridgehead atoms. The molecule has 0 aliphatic rings. The summed E-state index contributed by atoms with van der Waals surface area (Å²) < 4.78 is 31.5. The van der Waals surface area contributed by atoms with E-state index in [9.17, 15) is 18.3 Å². The lowest BCUT2D eigenvalue weighted by molar-refractivity contribution is 0.102. The molecule has 25 heavy (non-hydrogen) atoms. The molecular weight excluding hydrogens is 344 g/mol. The maximum atomic E-state index is 12.2. The van der Waals surface area contributed by atoms with E-state index < -0.39 is 20.8 Å². The largest absolute Gasteiger partial charge is 0.506 e. The van der Waals surface area contributed by atoms with Gasteiger partial charge in [-0.2, -0.15) is 8.42 Å². The van der Waals surface area contributed by atoms with Crippen LogP contribution in [0.15, 0.2) is 59.5 Å². The summed E-state index contributed by atoms with van der Waals surface area (Å²) in [7, 11) is -4.52. The molecular formula is C17H14N2O5S. The van der Waals surface area contributed by atoms with Gasteiger partial charge in [-0.15, -0.1) is 0 Å². The Bertz CT molecular complexity index is 1080. The number of carbonyl (C=O) groups is 1. The molecule has 1 amide bonds. The second-order valence-corrected chi connectivity index (χ2v) is 6.82. The van der Waals surface area contributed by atoms with Crippen molar-refractivity contribution in [1.82, 2.24) is 0 Å². The zero-order chi connectivity index (χ0) is 18.2. The van der Waals surface area contributed by atoms with Crippen LogP contribution in [0.4, 0.5) is 11.4 Å². The van der Waals surface area contributed by atoms with Gasteiger partial charge in [-0.1, -0.05) is 6.07 Å². The highest BCUT2D eigenvalue weighted by atomic mass is 32.2. The summed E-state index contributed by atoms with van der Waals surface area (Å²) >= 11 is 0. The Morgan fingerprint density at radius 2 is 1.64 bits per heavy atom. The van der Waals surface area contributed by atoms with Crippen LogP contribution in [0.25, 0.3) is 10.8 Å². The summed E-state index contributed by atoms with van der Waals surface area (Å²) in [6.45, 7) is 0. The number of rotatable bonds is 3. The number of nitrogen functional groups attached to an aromatic ring is 1. The average molecular weight is 358 g/mol. The number of phenolic OH excluding ortho intramolecular Hbond substituents is 1. The summed E-state index contributed by atoms with van der Waals surface area (Å²) in [4.78, 5) is 11.6. The van der Waals surface area contributed by atoms with Crippen LogP contribution in [0.5, 0.6) is 5.75 Å². The molecule has 0 spiro atoms. The van der Waals surface area contributed by atoms with E-state index in [4.69, 9.17) is 10.3 Å². The smallest absolute Gasteiger partial charge is 0.298 e. The highest BCUT2D eigenvalue weighted by molar-refractivity contribution is 7.86. The Morgan fingerprint density at radius 1 is 0.960 bits per heavy atom. The minimum absolute atomic E-state index is 0.335. The van der Waals surface area contributed by atoms with E-state index in [1.807, 2.05) is 0 Å². The second kappa shape index (κ2) is 6.08. The quantitative estimate of drug-likeness (QED) is 0.421. The first-order valence-electron chi connectivity index (χ1n) is 7.15. The van der Waals surface area contributed by atoms with E-state index in [1.54, 1.807) is 42.5 Å². The Labute approximate surface area is 143 Å². The zero-order valence-corrected chi connectivity index (χ0v) is 13.6. The summed E-state index contributed by atoms with van der Waals surface area (Å²) in [6, 6.07) is 13.5. The van der Waals surface area contributed by atoms with Crippen molar-refractivity contribution in [2.24, 2.45) is 0 Å². The first-order chi connectivity index (χ1) is 11.7. The lowest BCUT2D eigenvalue weighted by Gasteiger charge is -2.09. The standard InChI is InChI=1S/C17H14N2O5S/c18-13-4-1-10(2-5-13)17(21)19-14-6-3-11-9-16(25(22,23)24)15(20)8-12(11)7-14/h1-9,20H,18H2,(H,19,21)(H,22,23,24). The number of fused-ring (bicyclic) bond motifs is 1. The predicted octanol–water partition coefficient (Wildman–Crippen LogP) is 2.63. The summed E-state index contributed by atoms with van der Waals surface area (Å²) in [5.74, 6) is -0.907. The number of nitrogens with two attached hydrogens (primary N) is 1. The number of hydrogen-bond acceptors (Lipinski definition) is 5. The molecule has 0 aliphatic heterocycles. The molecule has 5 N–H and O–H groups in total.